The van der Waals surface area contributed by atoms with E-state index in [9.17, 15) is 0 Å². The van der Waals surface area contributed by atoms with E-state index in [4.69, 9.17) is 15.0 Å². The van der Waals surface area contributed by atoms with Gasteiger partial charge >= 0.3 is 0 Å². The van der Waals surface area contributed by atoms with Gasteiger partial charge in [-0.3, -0.25) is 0 Å². The van der Waals surface area contributed by atoms with Crippen molar-refractivity contribution in [2.24, 2.45) is 0 Å². The normalized spacial score (nSPS) is 11.9. The van der Waals surface area contributed by atoms with Crippen molar-refractivity contribution in [3.63, 3.8) is 0 Å². The topological polar surface area (TPSA) is 38.7 Å². The molecule has 0 fully saturated rings. The van der Waals surface area contributed by atoms with Crippen molar-refractivity contribution < 1.29 is 0 Å². The van der Waals surface area contributed by atoms with Gasteiger partial charge in [0.1, 0.15) is 0 Å². The summed E-state index contributed by atoms with van der Waals surface area (Å²) in [6.07, 6.45) is 0. The second kappa shape index (κ2) is 13.0. The maximum absolute atomic E-state index is 5.30. The lowest BCUT2D eigenvalue weighted by molar-refractivity contribution is 1.08. The summed E-state index contributed by atoms with van der Waals surface area (Å²) in [6, 6.07) is 63.1. The van der Waals surface area contributed by atoms with Crippen LogP contribution in [-0.2, 0) is 0 Å². The van der Waals surface area contributed by atoms with Gasteiger partial charge in [-0.15, -0.1) is 34.0 Å². The number of hydrogen-bond acceptors (Lipinski definition) is 6. The van der Waals surface area contributed by atoms with Gasteiger partial charge in [0.2, 0.25) is 0 Å². The summed E-state index contributed by atoms with van der Waals surface area (Å²) in [5.41, 5.74) is 7.76. The van der Waals surface area contributed by atoms with Crippen molar-refractivity contribution >= 4 is 94.5 Å². The first-order valence-electron chi connectivity index (χ1n) is 18.9. The summed E-state index contributed by atoms with van der Waals surface area (Å²) >= 11 is 5.48. The lowest BCUT2D eigenvalue weighted by atomic mass is 9.97. The number of hydrogen-bond donors (Lipinski definition) is 0. The maximum atomic E-state index is 5.30. The van der Waals surface area contributed by atoms with Crippen LogP contribution >= 0.6 is 34.0 Å². The number of aromatic nitrogens is 3. The lowest BCUT2D eigenvalue weighted by Gasteiger charge is -2.11. The van der Waals surface area contributed by atoms with Crippen LogP contribution in [0.4, 0.5) is 0 Å². The molecule has 4 aromatic heterocycles. The number of benzene rings is 8. The van der Waals surface area contributed by atoms with Crippen LogP contribution in [0.15, 0.2) is 176 Å². The minimum atomic E-state index is 0.653. The van der Waals surface area contributed by atoms with E-state index in [1.165, 1.54) is 77.2 Å². The Bertz CT molecular complexity index is 3410. The van der Waals surface area contributed by atoms with Crippen LogP contribution < -0.4 is 0 Å². The first-order valence-corrected chi connectivity index (χ1v) is 21.4. The van der Waals surface area contributed by atoms with E-state index in [0.29, 0.717) is 17.5 Å². The molecule has 12 rings (SSSR count). The van der Waals surface area contributed by atoms with Crippen LogP contribution in [0.25, 0.3) is 117 Å². The molecule has 0 aliphatic carbocycles. The van der Waals surface area contributed by atoms with Crippen LogP contribution in [-0.4, -0.2) is 15.0 Å². The highest BCUT2D eigenvalue weighted by molar-refractivity contribution is 7.27. The fourth-order valence-electron chi connectivity index (χ4n) is 8.32. The average molecular weight is 780 g/mol. The van der Waals surface area contributed by atoms with E-state index in [1.807, 2.05) is 11.3 Å². The Morgan fingerprint density at radius 1 is 0.281 bits per heavy atom. The van der Waals surface area contributed by atoms with Gasteiger partial charge in [0.25, 0.3) is 0 Å². The van der Waals surface area contributed by atoms with E-state index < -0.39 is 0 Å². The van der Waals surface area contributed by atoms with Gasteiger partial charge in [-0.25, -0.2) is 15.0 Å². The monoisotopic (exact) mass is 779 g/mol. The van der Waals surface area contributed by atoms with Crippen molar-refractivity contribution in [1.29, 1.82) is 0 Å². The molecule has 0 bridgehead atoms. The Morgan fingerprint density at radius 2 is 0.737 bits per heavy atom. The molecule has 0 saturated heterocycles. The molecule has 0 aliphatic rings. The minimum absolute atomic E-state index is 0.653. The minimum Gasteiger partial charge on any atom is -0.208 e. The summed E-state index contributed by atoms with van der Waals surface area (Å²) in [4.78, 5) is 15.8. The van der Waals surface area contributed by atoms with Gasteiger partial charge in [0.05, 0.1) is 0 Å². The zero-order valence-electron chi connectivity index (χ0n) is 30.3. The molecule has 0 amide bonds. The molecule has 0 spiro atoms. The van der Waals surface area contributed by atoms with E-state index >= 15 is 0 Å². The third-order valence-corrected chi connectivity index (χ3v) is 14.5. The van der Waals surface area contributed by atoms with Crippen LogP contribution in [0.3, 0.4) is 0 Å². The molecule has 0 aliphatic heterocycles. The zero-order valence-corrected chi connectivity index (χ0v) is 32.8. The van der Waals surface area contributed by atoms with Gasteiger partial charge in [0.15, 0.2) is 17.5 Å². The van der Waals surface area contributed by atoms with E-state index in [0.717, 1.165) is 22.3 Å². The van der Waals surface area contributed by atoms with E-state index in [1.54, 1.807) is 22.7 Å². The first-order chi connectivity index (χ1) is 28.2. The van der Waals surface area contributed by atoms with Gasteiger partial charge in [-0.1, -0.05) is 140 Å². The fraction of sp³-hybridized carbons (Fsp3) is 0. The Kier molecular flexibility index (Phi) is 7.45. The quantitative estimate of drug-likeness (QED) is 0.175. The molecular weight excluding hydrogens is 751 g/mol. The molecule has 0 saturated carbocycles. The molecule has 12 aromatic rings. The number of thiophene rings is 3. The van der Waals surface area contributed by atoms with Crippen molar-refractivity contribution in [3.05, 3.63) is 176 Å². The van der Waals surface area contributed by atoms with Gasteiger partial charge in [0, 0.05) is 77.2 Å². The highest BCUT2D eigenvalue weighted by atomic mass is 32.1. The van der Waals surface area contributed by atoms with Crippen molar-refractivity contribution in [2.45, 2.75) is 0 Å². The molecule has 3 nitrogen and oxygen atoms in total. The molecule has 57 heavy (non-hydrogen) atoms. The Labute approximate surface area is 339 Å². The molecule has 8 aromatic carbocycles. The van der Waals surface area contributed by atoms with Gasteiger partial charge in [-0.05, 0) is 58.7 Å². The maximum Gasteiger partial charge on any atom is 0.164 e. The standard InChI is InChI=1S/C51H29N3S3/c1-4-20-41-35(13-1)36-17-8-16-34(48(36)57-41)33-12-7-11-32(29-33)30-25-27-31(28-26-30)49-52-50(39-18-9-23-44-46(39)37-14-2-5-21-42(37)55-44)54-51(53-49)40-19-10-24-45-47(40)38-15-3-6-22-43(38)56-45/h1-29H. The highest BCUT2D eigenvalue weighted by Gasteiger charge is 2.20. The second-order valence-corrected chi connectivity index (χ2v) is 17.5. The van der Waals surface area contributed by atoms with Crippen molar-refractivity contribution in [2.75, 3.05) is 0 Å². The first kappa shape index (κ1) is 32.7. The molecular formula is C51H29N3S3. The predicted molar refractivity (Wildman–Crippen MR) is 246 cm³/mol. The average Bonchev–Trinajstić information content (AvgIpc) is 3.98. The van der Waals surface area contributed by atoms with Crippen LogP contribution in [0.5, 0.6) is 0 Å². The van der Waals surface area contributed by atoms with Crippen LogP contribution in [0.1, 0.15) is 0 Å². The Balaban J connectivity index is 1.00. The van der Waals surface area contributed by atoms with Gasteiger partial charge in [-0.2, -0.15) is 0 Å². The van der Waals surface area contributed by atoms with Crippen molar-refractivity contribution in [3.8, 4) is 56.4 Å². The molecule has 6 heteroatoms. The van der Waals surface area contributed by atoms with Gasteiger partial charge < -0.3 is 0 Å². The SMILES string of the molecule is c1cc(-c2ccc(-c3nc(-c4cccc5sc6ccccc6c45)nc(-c4cccc5sc6ccccc6c45)n3)cc2)cc(-c2cccc3c2sc2ccccc23)c1. The van der Waals surface area contributed by atoms with E-state index in [-0.39, 0.29) is 0 Å². The third kappa shape index (κ3) is 5.33. The third-order valence-electron chi connectivity index (χ3n) is 11.0. The smallest absolute Gasteiger partial charge is 0.164 e. The highest BCUT2D eigenvalue weighted by Crippen LogP contribution is 2.43. The summed E-state index contributed by atoms with van der Waals surface area (Å²) in [5.74, 6) is 2.00. The lowest BCUT2D eigenvalue weighted by Crippen LogP contribution is -2.00. The van der Waals surface area contributed by atoms with Crippen LogP contribution in [0.2, 0.25) is 0 Å². The largest absolute Gasteiger partial charge is 0.208 e. The Hall–Kier alpha value is -6.57. The number of nitrogens with zero attached hydrogens (tertiary/aromatic N) is 3. The molecule has 0 N–H and O–H groups in total. The second-order valence-electron chi connectivity index (χ2n) is 14.3. The molecule has 0 unspecified atom stereocenters. The molecule has 0 radical (unpaired) electrons. The van der Waals surface area contributed by atoms with Crippen molar-refractivity contribution in [1.82, 2.24) is 15.0 Å². The summed E-state index contributed by atoms with van der Waals surface area (Å²) < 4.78 is 7.59. The summed E-state index contributed by atoms with van der Waals surface area (Å²) in [5, 5.41) is 7.43. The summed E-state index contributed by atoms with van der Waals surface area (Å²) in [6.45, 7) is 0. The van der Waals surface area contributed by atoms with E-state index in [2.05, 4.69) is 176 Å². The Morgan fingerprint density at radius 3 is 1.39 bits per heavy atom. The number of fused-ring (bicyclic) bond motifs is 9. The zero-order chi connectivity index (χ0) is 37.5. The molecule has 0 atom stereocenters. The fourth-order valence-corrected chi connectivity index (χ4v) is 11.8. The van der Waals surface area contributed by atoms with Crippen LogP contribution in [0, 0.1) is 0 Å². The predicted octanol–water partition coefficient (Wildman–Crippen LogP) is 15.3. The molecule has 266 valence electrons. The molecule has 4 heterocycles. The number of rotatable bonds is 5. The summed E-state index contributed by atoms with van der Waals surface area (Å²) in [7, 11) is 0.